The van der Waals surface area contributed by atoms with Crippen LogP contribution < -0.4 is 21.7 Å². The monoisotopic (exact) mass is 214 g/mol. The van der Waals surface area contributed by atoms with Crippen LogP contribution in [0.1, 0.15) is 25.7 Å². The summed E-state index contributed by atoms with van der Waals surface area (Å²) < 4.78 is 0. The second-order valence-corrected chi connectivity index (χ2v) is 4.13. The Bertz CT molecular complexity index is 198. The van der Waals surface area contributed by atoms with Gasteiger partial charge in [-0.2, -0.15) is 0 Å². The molecule has 2 atom stereocenters. The number of amides is 2. The summed E-state index contributed by atoms with van der Waals surface area (Å²) in [6.07, 6.45) is 4.15. The first kappa shape index (κ1) is 12.3. The van der Waals surface area contributed by atoms with E-state index in [1.54, 1.807) is 0 Å². The molecule has 15 heavy (non-hydrogen) atoms. The fraction of sp³-hybridized carbons (Fsp3) is 0.900. The molecule has 5 N–H and O–H groups in total. The molecule has 2 amide bonds. The number of urea groups is 1. The van der Waals surface area contributed by atoms with Gasteiger partial charge < -0.3 is 21.7 Å². The van der Waals surface area contributed by atoms with Crippen molar-refractivity contribution in [1.29, 1.82) is 0 Å². The number of likely N-dealkylation sites (N-methyl/N-ethyl adjacent to an activating group) is 1. The number of nitrogens with two attached hydrogens (primary N) is 1. The quantitative estimate of drug-likeness (QED) is 0.488. The Morgan fingerprint density at radius 2 is 2.20 bits per heavy atom. The molecule has 0 bridgehead atoms. The molecule has 1 saturated carbocycles. The van der Waals surface area contributed by atoms with E-state index in [-0.39, 0.29) is 18.1 Å². The van der Waals surface area contributed by atoms with E-state index in [1.165, 1.54) is 0 Å². The summed E-state index contributed by atoms with van der Waals surface area (Å²) in [5.74, 6) is 0. The highest BCUT2D eigenvalue weighted by Gasteiger charge is 2.20. The molecule has 1 aliphatic rings. The minimum absolute atomic E-state index is 0.0793. The molecule has 1 aliphatic carbocycles. The predicted octanol–water partition coefficient (Wildman–Crippen LogP) is -0.225. The van der Waals surface area contributed by atoms with Crippen molar-refractivity contribution in [2.45, 2.75) is 37.8 Å². The lowest BCUT2D eigenvalue weighted by Crippen LogP contribution is -2.47. The summed E-state index contributed by atoms with van der Waals surface area (Å²) in [5.41, 5.74) is 5.84. The van der Waals surface area contributed by atoms with Gasteiger partial charge in [0.25, 0.3) is 0 Å². The van der Waals surface area contributed by atoms with Gasteiger partial charge in [0, 0.05) is 25.2 Å². The van der Waals surface area contributed by atoms with Gasteiger partial charge in [-0.3, -0.25) is 0 Å². The van der Waals surface area contributed by atoms with Gasteiger partial charge in [0.2, 0.25) is 0 Å². The van der Waals surface area contributed by atoms with Crippen molar-refractivity contribution in [3.05, 3.63) is 0 Å². The third-order valence-electron chi connectivity index (χ3n) is 2.71. The summed E-state index contributed by atoms with van der Waals surface area (Å²) in [7, 11) is 1.86. The molecule has 0 radical (unpaired) electrons. The Morgan fingerprint density at radius 1 is 1.40 bits per heavy atom. The van der Waals surface area contributed by atoms with Gasteiger partial charge in [-0.25, -0.2) is 4.79 Å². The average molecular weight is 214 g/mol. The lowest BCUT2D eigenvalue weighted by molar-refractivity contribution is 0.231. The van der Waals surface area contributed by atoms with Crippen LogP contribution in [0.3, 0.4) is 0 Å². The first-order valence-electron chi connectivity index (χ1n) is 5.67. The number of nitrogens with one attached hydrogen (secondary N) is 3. The first-order valence-corrected chi connectivity index (χ1v) is 5.67. The van der Waals surface area contributed by atoms with Crippen molar-refractivity contribution in [2.24, 2.45) is 5.73 Å². The zero-order valence-corrected chi connectivity index (χ0v) is 9.38. The highest BCUT2D eigenvalue weighted by Crippen LogP contribution is 2.16. The maximum Gasteiger partial charge on any atom is 0.315 e. The highest BCUT2D eigenvalue weighted by atomic mass is 16.2. The fourth-order valence-corrected chi connectivity index (χ4v) is 1.90. The Balaban J connectivity index is 2.13. The van der Waals surface area contributed by atoms with Gasteiger partial charge in [0.1, 0.15) is 0 Å². The second kappa shape index (κ2) is 6.63. The predicted molar refractivity (Wildman–Crippen MR) is 60.7 cm³/mol. The fourth-order valence-electron chi connectivity index (χ4n) is 1.90. The Morgan fingerprint density at radius 3 is 2.87 bits per heavy atom. The van der Waals surface area contributed by atoms with E-state index >= 15 is 0 Å². The van der Waals surface area contributed by atoms with Crippen LogP contribution in [0, 0.1) is 0 Å². The van der Waals surface area contributed by atoms with Crippen LogP contribution in [0.2, 0.25) is 0 Å². The summed E-state index contributed by atoms with van der Waals surface area (Å²) in [4.78, 5) is 11.4. The number of carbonyl (C=O) groups excluding carboxylic acids is 1. The molecule has 0 aromatic carbocycles. The van der Waals surface area contributed by atoms with Crippen LogP contribution in [-0.4, -0.2) is 38.3 Å². The summed E-state index contributed by atoms with van der Waals surface area (Å²) >= 11 is 0. The minimum Gasteiger partial charge on any atom is -0.337 e. The summed E-state index contributed by atoms with van der Waals surface area (Å²) in [6.45, 7) is 1.44. The van der Waals surface area contributed by atoms with Gasteiger partial charge >= 0.3 is 6.03 Å². The zero-order valence-electron chi connectivity index (χ0n) is 9.38. The van der Waals surface area contributed by atoms with Gasteiger partial charge in [0.05, 0.1) is 0 Å². The maximum absolute atomic E-state index is 11.4. The van der Waals surface area contributed by atoms with E-state index in [9.17, 15) is 4.79 Å². The zero-order chi connectivity index (χ0) is 11.1. The van der Waals surface area contributed by atoms with Gasteiger partial charge in [-0.1, -0.05) is 0 Å². The van der Waals surface area contributed by atoms with E-state index in [4.69, 9.17) is 5.73 Å². The molecule has 0 heterocycles. The van der Waals surface area contributed by atoms with Crippen molar-refractivity contribution < 1.29 is 4.79 Å². The smallest absolute Gasteiger partial charge is 0.315 e. The molecule has 1 rings (SSSR count). The van der Waals surface area contributed by atoms with Crippen molar-refractivity contribution in [1.82, 2.24) is 16.0 Å². The van der Waals surface area contributed by atoms with Crippen LogP contribution in [0.4, 0.5) is 4.79 Å². The van der Waals surface area contributed by atoms with E-state index in [1.807, 2.05) is 7.05 Å². The van der Waals surface area contributed by atoms with Crippen LogP contribution in [-0.2, 0) is 0 Å². The van der Waals surface area contributed by atoms with Crippen molar-refractivity contribution in [3.8, 4) is 0 Å². The highest BCUT2D eigenvalue weighted by molar-refractivity contribution is 5.74. The number of hydrogen-bond acceptors (Lipinski definition) is 3. The van der Waals surface area contributed by atoms with Gasteiger partial charge in [-0.05, 0) is 32.7 Å². The SMILES string of the molecule is CNCCNC(=O)NC1CCCC(N)C1. The third-order valence-corrected chi connectivity index (χ3v) is 2.71. The maximum atomic E-state index is 11.4. The van der Waals surface area contributed by atoms with E-state index in [0.717, 1.165) is 32.2 Å². The largest absolute Gasteiger partial charge is 0.337 e. The Kier molecular flexibility index (Phi) is 5.42. The van der Waals surface area contributed by atoms with Gasteiger partial charge in [-0.15, -0.1) is 0 Å². The molecule has 88 valence electrons. The normalized spacial score (nSPS) is 26.0. The van der Waals surface area contributed by atoms with Crippen molar-refractivity contribution in [3.63, 3.8) is 0 Å². The Labute approximate surface area is 91.2 Å². The van der Waals surface area contributed by atoms with Crippen molar-refractivity contribution >= 4 is 6.03 Å². The van der Waals surface area contributed by atoms with E-state index in [2.05, 4.69) is 16.0 Å². The van der Waals surface area contributed by atoms with Crippen LogP contribution in [0.25, 0.3) is 0 Å². The minimum atomic E-state index is -0.0793. The molecule has 0 spiro atoms. The van der Waals surface area contributed by atoms with Crippen LogP contribution >= 0.6 is 0 Å². The second-order valence-electron chi connectivity index (χ2n) is 4.13. The molecule has 5 heteroatoms. The first-order chi connectivity index (χ1) is 7.22. The summed E-state index contributed by atoms with van der Waals surface area (Å²) in [5, 5.41) is 8.71. The standard InChI is InChI=1S/C10H22N4O/c1-12-5-6-13-10(15)14-9-4-2-3-8(11)7-9/h8-9,12H,2-7,11H2,1H3,(H2,13,14,15). The summed E-state index contributed by atoms with van der Waals surface area (Å²) in [6, 6.07) is 0.425. The third kappa shape index (κ3) is 4.99. The molecule has 0 aliphatic heterocycles. The van der Waals surface area contributed by atoms with Crippen LogP contribution in [0.5, 0.6) is 0 Å². The molecule has 5 nitrogen and oxygen atoms in total. The molecule has 1 fully saturated rings. The molecule has 0 aromatic heterocycles. The lowest BCUT2D eigenvalue weighted by Gasteiger charge is -2.27. The topological polar surface area (TPSA) is 79.2 Å². The molecule has 2 unspecified atom stereocenters. The molecule has 0 saturated heterocycles. The van der Waals surface area contributed by atoms with Crippen LogP contribution in [0.15, 0.2) is 0 Å². The molecular formula is C10H22N4O. The molecular weight excluding hydrogens is 192 g/mol. The van der Waals surface area contributed by atoms with Crippen molar-refractivity contribution in [2.75, 3.05) is 20.1 Å². The van der Waals surface area contributed by atoms with Gasteiger partial charge in [0.15, 0.2) is 0 Å². The number of carbonyl (C=O) groups is 1. The van der Waals surface area contributed by atoms with E-state index in [0.29, 0.717) is 6.54 Å². The lowest BCUT2D eigenvalue weighted by atomic mass is 9.92. The average Bonchev–Trinajstić information content (AvgIpc) is 2.18. The van der Waals surface area contributed by atoms with E-state index < -0.39 is 0 Å². The number of rotatable bonds is 4. The Hall–Kier alpha value is -0.810. The number of hydrogen-bond donors (Lipinski definition) is 4. The molecule has 0 aromatic rings.